The number of piperazine rings is 1. The van der Waals surface area contributed by atoms with Crippen LogP contribution < -0.4 is 9.62 Å². The van der Waals surface area contributed by atoms with Crippen molar-refractivity contribution in [3.8, 4) is 0 Å². The van der Waals surface area contributed by atoms with Crippen molar-refractivity contribution in [2.24, 2.45) is 0 Å². The molecule has 0 unspecified atom stereocenters. The molecule has 5 nitrogen and oxygen atoms in total. The third-order valence-electron chi connectivity index (χ3n) is 5.43. The van der Waals surface area contributed by atoms with E-state index in [1.54, 1.807) is 6.07 Å². The molecular formula is C21H25F4N3O2S. The second kappa shape index (κ2) is 9.13. The van der Waals surface area contributed by atoms with E-state index in [1.165, 1.54) is 25.1 Å². The molecule has 1 aliphatic heterocycles. The molecular weight excluding hydrogens is 434 g/mol. The lowest BCUT2D eigenvalue weighted by molar-refractivity contribution is -0.139. The van der Waals surface area contributed by atoms with Crippen LogP contribution in [0.1, 0.15) is 31.0 Å². The van der Waals surface area contributed by atoms with E-state index in [2.05, 4.69) is 16.5 Å². The SMILES string of the molecule is CCN1CCN(c2ccc(F)cc2[C@@H](C)NS(=O)(=O)c2ccccc2C(F)(F)F)CC1. The molecule has 0 saturated carbocycles. The maximum absolute atomic E-state index is 14.0. The first-order valence-electron chi connectivity index (χ1n) is 9.98. The van der Waals surface area contributed by atoms with Crippen LogP contribution in [0.4, 0.5) is 23.2 Å². The Bertz CT molecular complexity index is 1020. The zero-order chi connectivity index (χ0) is 22.8. The monoisotopic (exact) mass is 459 g/mol. The molecule has 10 heteroatoms. The van der Waals surface area contributed by atoms with Crippen molar-refractivity contribution in [1.82, 2.24) is 9.62 Å². The second-order valence-electron chi connectivity index (χ2n) is 7.46. The topological polar surface area (TPSA) is 52.6 Å². The van der Waals surface area contributed by atoms with Crippen LogP contribution in [0.2, 0.25) is 0 Å². The highest BCUT2D eigenvalue weighted by Crippen LogP contribution is 2.35. The van der Waals surface area contributed by atoms with Gasteiger partial charge in [0.15, 0.2) is 0 Å². The van der Waals surface area contributed by atoms with E-state index in [9.17, 15) is 26.0 Å². The average Bonchev–Trinajstić information content (AvgIpc) is 2.73. The Hall–Kier alpha value is -2.17. The van der Waals surface area contributed by atoms with E-state index in [0.29, 0.717) is 24.3 Å². The lowest BCUT2D eigenvalue weighted by Gasteiger charge is -2.37. The molecule has 31 heavy (non-hydrogen) atoms. The summed E-state index contributed by atoms with van der Waals surface area (Å²) in [6, 6.07) is 7.16. The number of hydrogen-bond acceptors (Lipinski definition) is 4. The Morgan fingerprint density at radius 2 is 1.71 bits per heavy atom. The smallest absolute Gasteiger partial charge is 0.369 e. The summed E-state index contributed by atoms with van der Waals surface area (Å²) < 4.78 is 81.9. The maximum atomic E-state index is 14.0. The van der Waals surface area contributed by atoms with Crippen LogP contribution in [0.3, 0.4) is 0 Å². The van der Waals surface area contributed by atoms with E-state index in [0.717, 1.165) is 37.8 Å². The highest BCUT2D eigenvalue weighted by Gasteiger charge is 2.37. The summed E-state index contributed by atoms with van der Waals surface area (Å²) in [5.74, 6) is -0.548. The van der Waals surface area contributed by atoms with Crippen molar-refractivity contribution < 1.29 is 26.0 Å². The largest absolute Gasteiger partial charge is 0.417 e. The van der Waals surface area contributed by atoms with Crippen molar-refractivity contribution in [3.05, 3.63) is 59.4 Å². The molecule has 1 fully saturated rings. The first-order chi connectivity index (χ1) is 14.5. The van der Waals surface area contributed by atoms with Gasteiger partial charge in [-0.05, 0) is 49.4 Å². The summed E-state index contributed by atoms with van der Waals surface area (Å²) >= 11 is 0. The van der Waals surface area contributed by atoms with Crippen LogP contribution in [0.15, 0.2) is 47.4 Å². The zero-order valence-corrected chi connectivity index (χ0v) is 18.1. The molecule has 0 aromatic heterocycles. The van der Waals surface area contributed by atoms with Gasteiger partial charge >= 0.3 is 6.18 Å². The van der Waals surface area contributed by atoms with Crippen molar-refractivity contribution in [1.29, 1.82) is 0 Å². The van der Waals surface area contributed by atoms with Gasteiger partial charge in [0.05, 0.1) is 10.5 Å². The number of hydrogen-bond donors (Lipinski definition) is 1. The number of sulfonamides is 1. The minimum Gasteiger partial charge on any atom is -0.369 e. The number of likely N-dealkylation sites (N-methyl/N-ethyl adjacent to an activating group) is 1. The number of anilines is 1. The summed E-state index contributed by atoms with van der Waals surface area (Å²) in [6.07, 6.45) is -4.82. The van der Waals surface area contributed by atoms with Gasteiger partial charge < -0.3 is 9.80 Å². The van der Waals surface area contributed by atoms with Gasteiger partial charge in [-0.15, -0.1) is 0 Å². The Balaban J connectivity index is 1.91. The molecule has 1 saturated heterocycles. The van der Waals surface area contributed by atoms with Crippen molar-refractivity contribution in [3.63, 3.8) is 0 Å². The van der Waals surface area contributed by atoms with Crippen LogP contribution in [-0.2, 0) is 16.2 Å². The average molecular weight is 460 g/mol. The zero-order valence-electron chi connectivity index (χ0n) is 17.3. The minimum absolute atomic E-state index is 0.373. The lowest BCUT2D eigenvalue weighted by atomic mass is 10.0. The molecule has 0 aliphatic carbocycles. The number of nitrogens with zero attached hydrogens (tertiary/aromatic N) is 2. The Labute approximate surface area is 179 Å². The van der Waals surface area contributed by atoms with E-state index in [4.69, 9.17) is 0 Å². The highest BCUT2D eigenvalue weighted by molar-refractivity contribution is 7.89. The molecule has 170 valence electrons. The number of nitrogens with one attached hydrogen (secondary N) is 1. The summed E-state index contributed by atoms with van der Waals surface area (Å²) in [5, 5.41) is 0. The van der Waals surface area contributed by atoms with E-state index >= 15 is 0 Å². The molecule has 0 amide bonds. The second-order valence-corrected chi connectivity index (χ2v) is 9.14. The Morgan fingerprint density at radius 3 is 2.32 bits per heavy atom. The number of halogens is 4. The predicted molar refractivity (Wildman–Crippen MR) is 111 cm³/mol. The van der Waals surface area contributed by atoms with Gasteiger partial charge in [0.1, 0.15) is 5.82 Å². The quantitative estimate of drug-likeness (QED) is 0.663. The fourth-order valence-corrected chi connectivity index (χ4v) is 5.21. The Kier molecular flexibility index (Phi) is 6.92. The first-order valence-corrected chi connectivity index (χ1v) is 11.5. The first kappa shape index (κ1) is 23.5. The third-order valence-corrected chi connectivity index (χ3v) is 7.03. The van der Waals surface area contributed by atoms with Crippen LogP contribution >= 0.6 is 0 Å². The third kappa shape index (κ3) is 5.36. The van der Waals surface area contributed by atoms with Crippen molar-refractivity contribution in [2.45, 2.75) is 31.0 Å². The van der Waals surface area contributed by atoms with Crippen LogP contribution in [0.5, 0.6) is 0 Å². The summed E-state index contributed by atoms with van der Waals surface area (Å²) in [7, 11) is -4.51. The van der Waals surface area contributed by atoms with Crippen LogP contribution in [-0.4, -0.2) is 46.0 Å². The van der Waals surface area contributed by atoms with Gasteiger partial charge in [-0.25, -0.2) is 17.5 Å². The molecule has 1 heterocycles. The summed E-state index contributed by atoms with van der Waals surface area (Å²) in [5.41, 5.74) is -0.209. The molecule has 2 aromatic carbocycles. The highest BCUT2D eigenvalue weighted by atomic mass is 32.2. The van der Waals surface area contributed by atoms with Gasteiger partial charge in [-0.1, -0.05) is 19.1 Å². The van der Waals surface area contributed by atoms with Crippen LogP contribution in [0, 0.1) is 5.82 Å². The van der Waals surface area contributed by atoms with E-state index < -0.39 is 38.5 Å². The van der Waals surface area contributed by atoms with E-state index in [-0.39, 0.29) is 0 Å². The normalized spacial score (nSPS) is 17.0. The molecule has 1 N–H and O–H groups in total. The lowest BCUT2D eigenvalue weighted by Crippen LogP contribution is -2.46. The van der Waals surface area contributed by atoms with E-state index in [1.807, 2.05) is 4.90 Å². The number of benzene rings is 2. The predicted octanol–water partition coefficient (Wildman–Crippen LogP) is 4.03. The Morgan fingerprint density at radius 1 is 1.06 bits per heavy atom. The van der Waals surface area contributed by atoms with Crippen molar-refractivity contribution >= 4 is 15.7 Å². The summed E-state index contributed by atoms with van der Waals surface area (Å²) in [6.45, 7) is 7.46. The van der Waals surface area contributed by atoms with Crippen LogP contribution in [0.25, 0.3) is 0 Å². The fraction of sp³-hybridized carbons (Fsp3) is 0.429. The molecule has 2 aromatic rings. The van der Waals surface area contributed by atoms with Gasteiger partial charge in [-0.3, -0.25) is 0 Å². The summed E-state index contributed by atoms with van der Waals surface area (Å²) in [4.78, 5) is 3.44. The molecule has 1 aliphatic rings. The van der Waals surface area contributed by atoms with Gasteiger partial charge in [0.25, 0.3) is 0 Å². The molecule has 3 rings (SSSR count). The fourth-order valence-electron chi connectivity index (χ4n) is 3.76. The molecule has 0 bridgehead atoms. The number of alkyl halides is 3. The number of rotatable bonds is 6. The van der Waals surface area contributed by atoms with Gasteiger partial charge in [0.2, 0.25) is 10.0 Å². The molecule has 0 radical (unpaired) electrons. The van der Waals surface area contributed by atoms with Gasteiger partial charge in [-0.2, -0.15) is 13.2 Å². The standard InChI is InChI=1S/C21H25F4N3O2S/c1-3-27-10-12-28(13-11-27)19-9-8-16(22)14-17(19)15(2)26-31(29,30)20-7-5-4-6-18(20)21(23,24)25/h4-9,14-15,26H,3,10-13H2,1-2H3/t15-/m1/s1. The maximum Gasteiger partial charge on any atom is 0.417 e. The molecule has 0 spiro atoms. The van der Waals surface area contributed by atoms with Gasteiger partial charge in [0, 0.05) is 37.9 Å². The van der Waals surface area contributed by atoms with Crippen molar-refractivity contribution in [2.75, 3.05) is 37.6 Å². The minimum atomic E-state index is -4.82. The molecule has 1 atom stereocenters.